The summed E-state index contributed by atoms with van der Waals surface area (Å²) in [5.41, 5.74) is 0.905. The predicted octanol–water partition coefficient (Wildman–Crippen LogP) is 3.95. The third-order valence-corrected chi connectivity index (χ3v) is 5.78. The Morgan fingerprint density at radius 1 is 1.00 bits per heavy atom. The van der Waals surface area contributed by atoms with Crippen molar-refractivity contribution < 1.29 is 19.4 Å². The second-order valence-electron chi connectivity index (χ2n) is 7.32. The van der Waals surface area contributed by atoms with E-state index in [1.807, 2.05) is 0 Å². The molecule has 1 N–H and O–H groups in total. The molecule has 0 spiro atoms. The van der Waals surface area contributed by atoms with Crippen LogP contribution >= 0.6 is 0 Å². The highest BCUT2D eigenvalue weighted by atomic mass is 16.5. The topological polar surface area (TPSA) is 63.6 Å². The van der Waals surface area contributed by atoms with Crippen LogP contribution in [0.15, 0.2) is 29.8 Å². The van der Waals surface area contributed by atoms with Gasteiger partial charge in [-0.25, -0.2) is 0 Å². The molecular formula is C20H24O4. The third-order valence-electron chi connectivity index (χ3n) is 5.78. The molecule has 2 aliphatic rings. The zero-order chi connectivity index (χ0) is 17.5. The van der Waals surface area contributed by atoms with Crippen molar-refractivity contribution in [1.29, 1.82) is 0 Å². The number of fused-ring (bicyclic) bond motifs is 1. The molecule has 3 rings (SSSR count). The number of Topliss-reactive ketones (excluding diaryl/α,β-unsaturated/α-hetero) is 2. The summed E-state index contributed by atoms with van der Waals surface area (Å²) in [6.07, 6.45) is 3.42. The summed E-state index contributed by atoms with van der Waals surface area (Å²) in [7, 11) is 1.72. The maximum Gasteiger partial charge on any atom is 0.234 e. The van der Waals surface area contributed by atoms with Crippen molar-refractivity contribution in [1.82, 2.24) is 0 Å². The number of carbonyl (C=O) groups excluding carboxylic acids is 2. The number of aliphatic hydroxyl groups excluding tert-OH is 1. The van der Waals surface area contributed by atoms with Gasteiger partial charge in [0.15, 0.2) is 0 Å². The standard InChI is InChI=1S/C20H24O4/c1-20(2,24-3)13-10-8-12(9-11-13)16-17(21)14-6-4-5-7-15(14)18(22)19(16)23/h4-7,12-13,21H,8-11H2,1-3H3. The molecule has 0 bridgehead atoms. The molecule has 1 aromatic rings. The largest absolute Gasteiger partial charge is 0.507 e. The van der Waals surface area contributed by atoms with Crippen molar-refractivity contribution in [2.75, 3.05) is 7.11 Å². The Bertz CT molecular complexity index is 706. The second-order valence-corrected chi connectivity index (χ2v) is 7.32. The monoisotopic (exact) mass is 328 g/mol. The number of benzene rings is 1. The number of aliphatic hydroxyl groups is 1. The molecule has 0 amide bonds. The highest BCUT2D eigenvalue weighted by Crippen LogP contribution is 2.42. The van der Waals surface area contributed by atoms with Crippen LogP contribution in [0.2, 0.25) is 0 Å². The minimum atomic E-state index is -0.541. The fourth-order valence-corrected chi connectivity index (χ4v) is 4.01. The number of rotatable bonds is 3. The Morgan fingerprint density at radius 3 is 2.17 bits per heavy atom. The molecule has 0 unspecified atom stereocenters. The van der Waals surface area contributed by atoms with Gasteiger partial charge in [0.2, 0.25) is 11.6 Å². The number of carbonyl (C=O) groups is 2. The average molecular weight is 328 g/mol. The summed E-state index contributed by atoms with van der Waals surface area (Å²) in [6.45, 7) is 4.17. The highest BCUT2D eigenvalue weighted by molar-refractivity contribution is 6.52. The molecule has 4 nitrogen and oxygen atoms in total. The smallest absolute Gasteiger partial charge is 0.234 e. The van der Waals surface area contributed by atoms with Crippen molar-refractivity contribution in [2.45, 2.75) is 45.1 Å². The fraction of sp³-hybridized carbons (Fsp3) is 0.500. The lowest BCUT2D eigenvalue weighted by atomic mass is 9.70. The van der Waals surface area contributed by atoms with Crippen molar-refractivity contribution in [3.63, 3.8) is 0 Å². The molecule has 0 atom stereocenters. The van der Waals surface area contributed by atoms with Gasteiger partial charge in [0.05, 0.1) is 5.60 Å². The first kappa shape index (κ1) is 16.9. The minimum absolute atomic E-state index is 0.00958. The van der Waals surface area contributed by atoms with E-state index in [0.29, 0.717) is 22.6 Å². The van der Waals surface area contributed by atoms with E-state index in [1.54, 1.807) is 31.4 Å². The van der Waals surface area contributed by atoms with Gasteiger partial charge in [0.1, 0.15) is 5.76 Å². The zero-order valence-electron chi connectivity index (χ0n) is 14.5. The van der Waals surface area contributed by atoms with Gasteiger partial charge < -0.3 is 9.84 Å². The Balaban J connectivity index is 1.88. The summed E-state index contributed by atoms with van der Waals surface area (Å²) in [5, 5.41) is 10.6. The Labute approximate surface area is 142 Å². The van der Waals surface area contributed by atoms with E-state index in [0.717, 1.165) is 25.7 Å². The fourth-order valence-electron chi connectivity index (χ4n) is 4.01. The molecule has 0 aliphatic heterocycles. The molecule has 0 heterocycles. The van der Waals surface area contributed by atoms with E-state index < -0.39 is 11.6 Å². The van der Waals surface area contributed by atoms with Gasteiger partial charge >= 0.3 is 0 Å². The van der Waals surface area contributed by atoms with Crippen LogP contribution in [0.5, 0.6) is 0 Å². The molecule has 1 saturated carbocycles. The van der Waals surface area contributed by atoms with E-state index in [-0.39, 0.29) is 17.3 Å². The van der Waals surface area contributed by atoms with Gasteiger partial charge in [0, 0.05) is 23.8 Å². The van der Waals surface area contributed by atoms with E-state index in [4.69, 9.17) is 4.74 Å². The Kier molecular flexibility index (Phi) is 4.35. The number of hydrogen-bond acceptors (Lipinski definition) is 4. The molecule has 2 aliphatic carbocycles. The maximum absolute atomic E-state index is 12.5. The number of ketones is 2. The summed E-state index contributed by atoms with van der Waals surface area (Å²) in [5.74, 6) is -0.690. The summed E-state index contributed by atoms with van der Waals surface area (Å²) in [4.78, 5) is 24.9. The number of methoxy groups -OCH3 is 1. The van der Waals surface area contributed by atoms with Crippen LogP contribution in [-0.4, -0.2) is 29.4 Å². The lowest BCUT2D eigenvalue weighted by molar-refractivity contribution is -0.112. The van der Waals surface area contributed by atoms with Crippen molar-refractivity contribution in [3.05, 3.63) is 41.0 Å². The van der Waals surface area contributed by atoms with Crippen LogP contribution in [0, 0.1) is 11.8 Å². The Morgan fingerprint density at radius 2 is 1.58 bits per heavy atom. The number of allylic oxidation sites excluding steroid dienone is 1. The van der Waals surface area contributed by atoms with Gasteiger partial charge in [0.25, 0.3) is 0 Å². The normalized spacial score (nSPS) is 25.0. The van der Waals surface area contributed by atoms with Gasteiger partial charge in [-0.2, -0.15) is 0 Å². The van der Waals surface area contributed by atoms with Crippen molar-refractivity contribution >= 4 is 17.3 Å². The highest BCUT2D eigenvalue weighted by Gasteiger charge is 2.40. The molecular weight excluding hydrogens is 304 g/mol. The Hall–Kier alpha value is -1.94. The first-order valence-electron chi connectivity index (χ1n) is 8.53. The maximum atomic E-state index is 12.5. The third kappa shape index (κ3) is 2.69. The molecule has 24 heavy (non-hydrogen) atoms. The van der Waals surface area contributed by atoms with E-state index in [9.17, 15) is 14.7 Å². The molecule has 0 saturated heterocycles. The van der Waals surface area contributed by atoms with Crippen molar-refractivity contribution in [2.24, 2.45) is 11.8 Å². The summed E-state index contributed by atoms with van der Waals surface area (Å²) in [6, 6.07) is 6.78. The van der Waals surface area contributed by atoms with Crippen LogP contribution in [-0.2, 0) is 9.53 Å². The minimum Gasteiger partial charge on any atom is -0.507 e. The van der Waals surface area contributed by atoms with Gasteiger partial charge in [-0.1, -0.05) is 24.3 Å². The quantitative estimate of drug-likeness (QED) is 0.853. The predicted molar refractivity (Wildman–Crippen MR) is 91.9 cm³/mol. The lowest BCUT2D eigenvalue weighted by Crippen LogP contribution is -2.37. The van der Waals surface area contributed by atoms with Gasteiger partial charge in [-0.15, -0.1) is 0 Å². The lowest BCUT2D eigenvalue weighted by Gasteiger charge is -2.39. The molecule has 1 fully saturated rings. The van der Waals surface area contributed by atoms with E-state index >= 15 is 0 Å². The van der Waals surface area contributed by atoms with E-state index in [1.165, 1.54) is 0 Å². The van der Waals surface area contributed by atoms with Gasteiger partial charge in [-0.3, -0.25) is 9.59 Å². The zero-order valence-corrected chi connectivity index (χ0v) is 14.5. The van der Waals surface area contributed by atoms with E-state index in [2.05, 4.69) is 13.8 Å². The first-order valence-corrected chi connectivity index (χ1v) is 8.53. The van der Waals surface area contributed by atoms with Crippen LogP contribution < -0.4 is 0 Å². The summed E-state index contributed by atoms with van der Waals surface area (Å²) >= 11 is 0. The van der Waals surface area contributed by atoms with Crippen LogP contribution in [0.4, 0.5) is 0 Å². The van der Waals surface area contributed by atoms with Crippen molar-refractivity contribution in [3.8, 4) is 0 Å². The van der Waals surface area contributed by atoms with Gasteiger partial charge in [-0.05, 0) is 51.4 Å². The SMILES string of the molecule is COC(C)(C)C1CCC(C2=C(O)c3ccccc3C(=O)C2=O)CC1. The molecule has 0 aromatic heterocycles. The molecule has 4 heteroatoms. The molecule has 0 radical (unpaired) electrons. The van der Waals surface area contributed by atoms with Crippen LogP contribution in [0.3, 0.4) is 0 Å². The second kappa shape index (κ2) is 6.17. The number of hydrogen-bond donors (Lipinski definition) is 1. The average Bonchev–Trinajstić information content (AvgIpc) is 2.60. The van der Waals surface area contributed by atoms with Crippen LogP contribution in [0.1, 0.15) is 55.5 Å². The molecule has 128 valence electrons. The molecule has 1 aromatic carbocycles. The first-order chi connectivity index (χ1) is 11.4. The summed E-state index contributed by atoms with van der Waals surface area (Å²) < 4.78 is 5.58. The number of ether oxygens (including phenoxy) is 1. The van der Waals surface area contributed by atoms with Crippen LogP contribution in [0.25, 0.3) is 5.76 Å².